The summed E-state index contributed by atoms with van der Waals surface area (Å²) in [6.07, 6.45) is 0. The number of aryl methyl sites for hydroxylation is 1. The van der Waals surface area contributed by atoms with E-state index in [1.165, 1.54) is 16.9 Å². The monoisotopic (exact) mass is 362 g/mol. The Morgan fingerprint density at radius 3 is 2.65 bits per heavy atom. The number of rotatable bonds is 5. The van der Waals surface area contributed by atoms with Gasteiger partial charge in [-0.2, -0.15) is 10.4 Å². The second-order valence-corrected chi connectivity index (χ2v) is 6.56. The molecule has 1 heterocycles. The van der Waals surface area contributed by atoms with E-state index in [1.54, 1.807) is 7.11 Å². The molecule has 0 spiro atoms. The van der Waals surface area contributed by atoms with Crippen molar-refractivity contribution in [2.45, 2.75) is 13.8 Å². The molecule has 0 radical (unpaired) electrons. The molecule has 5 nitrogen and oxygen atoms in total. The van der Waals surface area contributed by atoms with Crippen LogP contribution in [0.5, 0.6) is 5.75 Å². The van der Waals surface area contributed by atoms with Gasteiger partial charge in [-0.05, 0) is 55.3 Å². The van der Waals surface area contributed by atoms with Gasteiger partial charge in [0, 0.05) is 10.9 Å². The van der Waals surface area contributed by atoms with Crippen LogP contribution in [0.4, 0.5) is 5.69 Å². The average molecular weight is 362 g/mol. The standard InChI is InChI=1S/C20H18N4OS/c1-13-5-4-6-17(14(13)2)23-24-18(11-21)20-22-19(12-26-20)15-7-9-16(25-3)10-8-15/h4-10,12,23H,1-3H3. The Kier molecular flexibility index (Phi) is 5.30. The molecule has 2 aromatic carbocycles. The quantitative estimate of drug-likeness (QED) is 0.524. The van der Waals surface area contributed by atoms with Crippen LogP contribution in [0, 0.1) is 25.2 Å². The van der Waals surface area contributed by atoms with Gasteiger partial charge in [0.05, 0.1) is 18.5 Å². The molecule has 3 aromatic rings. The van der Waals surface area contributed by atoms with Crippen LogP contribution in [0.15, 0.2) is 52.9 Å². The topological polar surface area (TPSA) is 70.3 Å². The molecule has 1 N–H and O–H groups in total. The van der Waals surface area contributed by atoms with Crippen molar-refractivity contribution < 1.29 is 4.74 Å². The van der Waals surface area contributed by atoms with Gasteiger partial charge in [-0.1, -0.05) is 12.1 Å². The van der Waals surface area contributed by atoms with E-state index in [9.17, 15) is 5.26 Å². The van der Waals surface area contributed by atoms with Crippen LogP contribution < -0.4 is 10.2 Å². The Hall–Kier alpha value is -3.17. The number of hydrogen-bond acceptors (Lipinski definition) is 6. The largest absolute Gasteiger partial charge is 0.497 e. The Bertz CT molecular complexity index is 984. The Morgan fingerprint density at radius 1 is 1.19 bits per heavy atom. The minimum atomic E-state index is 0.260. The minimum Gasteiger partial charge on any atom is -0.497 e. The highest BCUT2D eigenvalue weighted by molar-refractivity contribution is 7.12. The lowest BCUT2D eigenvalue weighted by molar-refractivity contribution is 0.415. The summed E-state index contributed by atoms with van der Waals surface area (Å²) in [5.41, 5.74) is 8.17. The third-order valence-electron chi connectivity index (χ3n) is 4.09. The summed E-state index contributed by atoms with van der Waals surface area (Å²) >= 11 is 1.39. The Morgan fingerprint density at radius 2 is 1.96 bits per heavy atom. The van der Waals surface area contributed by atoms with Gasteiger partial charge in [0.25, 0.3) is 0 Å². The van der Waals surface area contributed by atoms with Crippen molar-refractivity contribution >= 4 is 22.7 Å². The Labute approximate surface area is 156 Å². The van der Waals surface area contributed by atoms with E-state index in [0.717, 1.165) is 28.3 Å². The number of hydrazone groups is 1. The molecule has 0 bridgehead atoms. The first-order valence-electron chi connectivity index (χ1n) is 8.02. The third-order valence-corrected chi connectivity index (χ3v) is 4.94. The molecule has 0 fully saturated rings. The molecule has 0 aliphatic rings. The molecule has 130 valence electrons. The Balaban J connectivity index is 1.83. The fourth-order valence-corrected chi connectivity index (χ4v) is 3.15. The summed E-state index contributed by atoms with van der Waals surface area (Å²) in [5, 5.41) is 16.2. The van der Waals surface area contributed by atoms with Crippen molar-refractivity contribution in [2.24, 2.45) is 5.10 Å². The van der Waals surface area contributed by atoms with Gasteiger partial charge >= 0.3 is 0 Å². The first-order valence-corrected chi connectivity index (χ1v) is 8.90. The molecule has 0 saturated heterocycles. The molecule has 0 unspecified atom stereocenters. The zero-order valence-corrected chi connectivity index (χ0v) is 15.6. The first-order chi connectivity index (χ1) is 12.6. The van der Waals surface area contributed by atoms with Gasteiger partial charge < -0.3 is 4.74 Å². The molecule has 0 amide bonds. The molecular weight excluding hydrogens is 344 g/mol. The van der Waals surface area contributed by atoms with E-state index in [-0.39, 0.29) is 5.71 Å². The van der Waals surface area contributed by atoms with Crippen LogP contribution in [0.1, 0.15) is 16.1 Å². The molecule has 26 heavy (non-hydrogen) atoms. The molecule has 0 saturated carbocycles. The lowest BCUT2D eigenvalue weighted by atomic mass is 10.1. The fraction of sp³-hybridized carbons (Fsp3) is 0.150. The van der Waals surface area contributed by atoms with Gasteiger partial charge in [0.2, 0.25) is 0 Å². The van der Waals surface area contributed by atoms with Crippen LogP contribution in [0.2, 0.25) is 0 Å². The highest BCUT2D eigenvalue weighted by atomic mass is 32.1. The van der Waals surface area contributed by atoms with Crippen molar-refractivity contribution in [3.63, 3.8) is 0 Å². The number of hydrogen-bond donors (Lipinski definition) is 1. The summed E-state index contributed by atoms with van der Waals surface area (Å²) in [6.45, 7) is 4.06. The summed E-state index contributed by atoms with van der Waals surface area (Å²) in [6, 6.07) is 15.7. The highest BCUT2D eigenvalue weighted by Crippen LogP contribution is 2.25. The van der Waals surface area contributed by atoms with E-state index in [2.05, 4.69) is 21.6 Å². The summed E-state index contributed by atoms with van der Waals surface area (Å²) in [7, 11) is 1.63. The first kappa shape index (κ1) is 17.6. The normalized spacial score (nSPS) is 11.1. The molecule has 0 atom stereocenters. The molecule has 0 aliphatic carbocycles. The lowest BCUT2D eigenvalue weighted by Gasteiger charge is -2.07. The number of ether oxygens (including phenoxy) is 1. The van der Waals surface area contributed by atoms with Crippen molar-refractivity contribution in [2.75, 3.05) is 12.5 Å². The number of thiazole rings is 1. The van der Waals surface area contributed by atoms with Crippen LogP contribution in [0.25, 0.3) is 11.3 Å². The molecule has 1 aromatic heterocycles. The summed E-state index contributed by atoms with van der Waals surface area (Å²) in [5.74, 6) is 0.793. The maximum Gasteiger partial charge on any atom is 0.196 e. The summed E-state index contributed by atoms with van der Waals surface area (Å²) < 4.78 is 5.17. The number of methoxy groups -OCH3 is 1. The van der Waals surface area contributed by atoms with Gasteiger partial charge in [-0.15, -0.1) is 11.3 Å². The number of aromatic nitrogens is 1. The average Bonchev–Trinajstić information content (AvgIpc) is 3.15. The van der Waals surface area contributed by atoms with Crippen molar-refractivity contribution in [3.05, 3.63) is 64.0 Å². The number of nitriles is 1. The third kappa shape index (κ3) is 3.73. The molecule has 6 heteroatoms. The van der Waals surface area contributed by atoms with E-state index in [1.807, 2.05) is 61.7 Å². The van der Waals surface area contributed by atoms with Gasteiger partial charge in [-0.25, -0.2) is 4.98 Å². The lowest BCUT2D eigenvalue weighted by Crippen LogP contribution is -2.02. The summed E-state index contributed by atoms with van der Waals surface area (Å²) in [4.78, 5) is 4.54. The second kappa shape index (κ2) is 7.81. The predicted molar refractivity (Wildman–Crippen MR) is 106 cm³/mol. The number of benzene rings is 2. The highest BCUT2D eigenvalue weighted by Gasteiger charge is 2.11. The van der Waals surface area contributed by atoms with Crippen molar-refractivity contribution in [1.82, 2.24) is 4.98 Å². The van der Waals surface area contributed by atoms with Crippen molar-refractivity contribution in [1.29, 1.82) is 5.26 Å². The van der Waals surface area contributed by atoms with Gasteiger partial charge in [-0.3, -0.25) is 5.43 Å². The maximum absolute atomic E-state index is 9.46. The van der Waals surface area contributed by atoms with Crippen LogP contribution in [0.3, 0.4) is 0 Å². The van der Waals surface area contributed by atoms with E-state index in [4.69, 9.17) is 4.74 Å². The number of anilines is 1. The molecular formula is C20H18N4OS. The van der Waals surface area contributed by atoms with Gasteiger partial charge in [0.15, 0.2) is 10.7 Å². The SMILES string of the molecule is COc1ccc(-c2csc(C(C#N)=NNc3cccc(C)c3C)n2)cc1. The van der Waals surface area contributed by atoms with E-state index < -0.39 is 0 Å². The second-order valence-electron chi connectivity index (χ2n) is 5.70. The predicted octanol–water partition coefficient (Wildman–Crippen LogP) is 4.78. The van der Waals surface area contributed by atoms with Crippen LogP contribution >= 0.6 is 11.3 Å². The van der Waals surface area contributed by atoms with Gasteiger partial charge in [0.1, 0.15) is 11.8 Å². The number of nitrogens with zero attached hydrogens (tertiary/aromatic N) is 3. The number of nitrogens with one attached hydrogen (secondary N) is 1. The fourth-order valence-electron chi connectivity index (χ4n) is 2.39. The van der Waals surface area contributed by atoms with Crippen molar-refractivity contribution in [3.8, 4) is 23.1 Å². The zero-order chi connectivity index (χ0) is 18.5. The van der Waals surface area contributed by atoms with E-state index in [0.29, 0.717) is 5.01 Å². The molecule has 0 aliphatic heterocycles. The maximum atomic E-state index is 9.46. The van der Waals surface area contributed by atoms with Crippen LogP contribution in [-0.2, 0) is 0 Å². The smallest absolute Gasteiger partial charge is 0.196 e. The minimum absolute atomic E-state index is 0.260. The van der Waals surface area contributed by atoms with E-state index >= 15 is 0 Å². The molecule has 3 rings (SSSR count). The van der Waals surface area contributed by atoms with Crippen LogP contribution in [-0.4, -0.2) is 17.8 Å². The zero-order valence-electron chi connectivity index (χ0n) is 14.8.